The average molecular weight is 345 g/mol. The van der Waals surface area contributed by atoms with Gasteiger partial charge in [-0.3, -0.25) is 9.80 Å². The summed E-state index contributed by atoms with van der Waals surface area (Å²) in [7, 11) is 0. The van der Waals surface area contributed by atoms with E-state index in [1.54, 1.807) is 0 Å². The maximum absolute atomic E-state index is 13.1. The first-order valence-electron chi connectivity index (χ1n) is 10.0. The van der Waals surface area contributed by atoms with E-state index >= 15 is 0 Å². The second-order valence-electron chi connectivity index (χ2n) is 8.31. The molecule has 1 aliphatic carbocycles. The average Bonchev–Trinajstić information content (AvgIpc) is 3.28. The molecule has 6 heteroatoms. The van der Waals surface area contributed by atoms with Gasteiger partial charge < -0.3 is 10.6 Å². The molecule has 1 unspecified atom stereocenters. The molecule has 1 saturated carbocycles. The van der Waals surface area contributed by atoms with Crippen LogP contribution in [-0.4, -0.2) is 47.0 Å². The van der Waals surface area contributed by atoms with Gasteiger partial charge in [0.25, 0.3) is 0 Å². The van der Waals surface area contributed by atoms with Gasteiger partial charge in [0, 0.05) is 25.0 Å². The summed E-state index contributed by atoms with van der Waals surface area (Å²) in [5, 5.41) is 7.24. The summed E-state index contributed by atoms with van der Waals surface area (Å²) >= 11 is 0. The molecule has 4 aliphatic rings. The van der Waals surface area contributed by atoms with Crippen LogP contribution in [0.15, 0.2) is 16.5 Å². The zero-order valence-corrected chi connectivity index (χ0v) is 15.7. The fourth-order valence-corrected chi connectivity index (χ4v) is 4.69. The Kier molecular flexibility index (Phi) is 4.38. The summed E-state index contributed by atoms with van der Waals surface area (Å²) in [6.07, 6.45) is 6.90. The van der Waals surface area contributed by atoms with Crippen LogP contribution in [0.5, 0.6) is 0 Å². The molecule has 0 aromatic rings. The topological polar surface area (TPSA) is 60.0 Å². The zero-order valence-electron chi connectivity index (χ0n) is 15.7. The van der Waals surface area contributed by atoms with Crippen molar-refractivity contribution in [1.82, 2.24) is 20.4 Å². The van der Waals surface area contributed by atoms with E-state index in [-0.39, 0.29) is 12.2 Å². The number of amides is 2. The maximum atomic E-state index is 13.1. The monoisotopic (exact) mass is 345 g/mol. The highest BCUT2D eigenvalue weighted by molar-refractivity contribution is 5.91. The van der Waals surface area contributed by atoms with Crippen molar-refractivity contribution in [2.24, 2.45) is 16.8 Å². The number of hydrogen-bond donors (Lipinski definition) is 2. The van der Waals surface area contributed by atoms with Gasteiger partial charge in [-0.2, -0.15) is 0 Å². The number of aliphatic imine (C=N–C) groups is 1. The summed E-state index contributed by atoms with van der Waals surface area (Å²) < 4.78 is 0. The molecule has 0 aromatic carbocycles. The van der Waals surface area contributed by atoms with E-state index in [0.29, 0.717) is 17.9 Å². The Labute approximate surface area is 150 Å². The fourth-order valence-electron chi connectivity index (χ4n) is 4.69. The number of hydrogen-bond acceptors (Lipinski definition) is 4. The van der Waals surface area contributed by atoms with Crippen LogP contribution in [0.1, 0.15) is 59.3 Å². The molecular formula is C19H31N5O. The maximum Gasteiger partial charge on any atom is 0.327 e. The van der Waals surface area contributed by atoms with Crippen molar-refractivity contribution in [3.8, 4) is 0 Å². The van der Waals surface area contributed by atoms with Gasteiger partial charge in [-0.15, -0.1) is 0 Å². The lowest BCUT2D eigenvalue weighted by molar-refractivity contribution is 0.146. The fraction of sp³-hybridized carbons (Fsp3) is 0.789. The minimum atomic E-state index is -0.153. The minimum absolute atomic E-state index is 0.113. The van der Waals surface area contributed by atoms with Crippen LogP contribution in [0.4, 0.5) is 4.79 Å². The van der Waals surface area contributed by atoms with Crippen molar-refractivity contribution >= 4 is 11.9 Å². The molecule has 4 rings (SSSR count). The highest BCUT2D eigenvalue weighted by atomic mass is 16.2. The van der Waals surface area contributed by atoms with Crippen LogP contribution in [0.2, 0.25) is 0 Å². The summed E-state index contributed by atoms with van der Waals surface area (Å²) in [5.41, 5.74) is 1.10. The third-order valence-corrected chi connectivity index (χ3v) is 5.79. The molecule has 25 heavy (non-hydrogen) atoms. The van der Waals surface area contributed by atoms with Crippen LogP contribution < -0.4 is 10.6 Å². The summed E-state index contributed by atoms with van der Waals surface area (Å²) in [5.74, 6) is 3.24. The van der Waals surface area contributed by atoms with Gasteiger partial charge in [0.1, 0.15) is 17.4 Å². The van der Waals surface area contributed by atoms with Crippen LogP contribution in [0, 0.1) is 11.8 Å². The van der Waals surface area contributed by atoms with Gasteiger partial charge in [0.15, 0.2) is 6.17 Å². The van der Waals surface area contributed by atoms with Crippen LogP contribution >= 0.6 is 0 Å². The Hall–Kier alpha value is -1.72. The van der Waals surface area contributed by atoms with E-state index in [1.165, 1.54) is 25.7 Å². The molecule has 1 saturated heterocycles. The Morgan fingerprint density at radius 3 is 2.72 bits per heavy atom. The standard InChI is InChI=1S/C19H31N5O/c1-4-9-23-18-15(21-16(22-18)13-7-5-6-8-13)17-20-14(10-12(2)3)11-24(17)19(23)25/h12-14,18,20H,4-11H2,1-3H3,(H,21,22)/t14-,18?/m1/s1. The number of carbonyl (C=O) groups is 1. The first kappa shape index (κ1) is 16.7. The number of urea groups is 1. The molecule has 2 atom stereocenters. The Balaban J connectivity index is 1.64. The first-order chi connectivity index (χ1) is 12.1. The molecule has 0 bridgehead atoms. The predicted molar refractivity (Wildman–Crippen MR) is 98.8 cm³/mol. The van der Waals surface area contributed by atoms with Crippen molar-refractivity contribution in [1.29, 1.82) is 0 Å². The van der Waals surface area contributed by atoms with Crippen LogP contribution in [-0.2, 0) is 0 Å². The number of fused-ring (bicyclic) bond motifs is 2. The van der Waals surface area contributed by atoms with Crippen LogP contribution in [0.25, 0.3) is 0 Å². The number of nitrogens with one attached hydrogen (secondary N) is 2. The van der Waals surface area contributed by atoms with E-state index in [2.05, 4.69) is 31.4 Å². The van der Waals surface area contributed by atoms with Gasteiger partial charge in [0.2, 0.25) is 0 Å². The molecule has 3 heterocycles. The van der Waals surface area contributed by atoms with E-state index in [4.69, 9.17) is 4.99 Å². The molecule has 3 aliphatic heterocycles. The number of rotatable bonds is 5. The Morgan fingerprint density at radius 2 is 2.04 bits per heavy atom. The lowest BCUT2D eigenvalue weighted by atomic mass is 10.0. The number of amidine groups is 1. The van der Waals surface area contributed by atoms with Gasteiger partial charge in [0.05, 0.1) is 0 Å². The first-order valence-corrected chi connectivity index (χ1v) is 10.0. The van der Waals surface area contributed by atoms with Crippen molar-refractivity contribution in [3.63, 3.8) is 0 Å². The third-order valence-electron chi connectivity index (χ3n) is 5.79. The summed E-state index contributed by atoms with van der Waals surface area (Å²) in [6, 6.07) is 0.452. The normalized spacial score (nSPS) is 29.1. The molecule has 2 amide bonds. The van der Waals surface area contributed by atoms with Crippen LogP contribution in [0.3, 0.4) is 0 Å². The van der Waals surface area contributed by atoms with E-state index in [9.17, 15) is 4.79 Å². The second-order valence-corrected chi connectivity index (χ2v) is 8.31. The van der Waals surface area contributed by atoms with Gasteiger partial charge >= 0.3 is 6.03 Å². The molecule has 2 N–H and O–H groups in total. The molecule has 0 radical (unpaired) electrons. The lowest BCUT2D eigenvalue weighted by Gasteiger charge is -2.36. The summed E-state index contributed by atoms with van der Waals surface area (Å²) in [6.45, 7) is 8.12. The van der Waals surface area contributed by atoms with Crippen molar-refractivity contribution in [2.45, 2.75) is 71.5 Å². The molecule has 138 valence electrons. The second kappa shape index (κ2) is 6.54. The quantitative estimate of drug-likeness (QED) is 0.805. The van der Waals surface area contributed by atoms with Gasteiger partial charge in [-0.1, -0.05) is 33.6 Å². The predicted octanol–water partition coefficient (Wildman–Crippen LogP) is 2.84. The lowest BCUT2D eigenvalue weighted by Crippen LogP contribution is -2.53. The molecule has 6 nitrogen and oxygen atoms in total. The molecule has 2 fully saturated rings. The van der Waals surface area contributed by atoms with E-state index in [1.807, 2.05) is 9.80 Å². The SMILES string of the molecule is CCCN1C(=O)N2C[C@@H](CC(C)C)NC2=C2NC(C3CCCC3)=NC21. The number of carbonyl (C=O) groups excluding carboxylic acids is 1. The Bertz CT molecular complexity index is 605. The van der Waals surface area contributed by atoms with Crippen molar-refractivity contribution < 1.29 is 4.79 Å². The van der Waals surface area contributed by atoms with Crippen molar-refractivity contribution in [2.75, 3.05) is 13.1 Å². The largest absolute Gasteiger partial charge is 0.365 e. The van der Waals surface area contributed by atoms with E-state index < -0.39 is 0 Å². The van der Waals surface area contributed by atoms with Gasteiger partial charge in [-0.25, -0.2) is 9.79 Å². The molecule has 0 aromatic heterocycles. The molecule has 0 spiro atoms. The summed E-state index contributed by atoms with van der Waals surface area (Å²) in [4.78, 5) is 21.9. The highest BCUT2D eigenvalue weighted by Crippen LogP contribution is 2.35. The van der Waals surface area contributed by atoms with E-state index in [0.717, 1.165) is 43.3 Å². The smallest absolute Gasteiger partial charge is 0.327 e. The van der Waals surface area contributed by atoms with Crippen molar-refractivity contribution in [3.05, 3.63) is 11.5 Å². The minimum Gasteiger partial charge on any atom is -0.365 e. The number of nitrogens with zero attached hydrogens (tertiary/aromatic N) is 3. The zero-order chi connectivity index (χ0) is 17.6. The van der Waals surface area contributed by atoms with Gasteiger partial charge in [-0.05, 0) is 31.6 Å². The highest BCUT2D eigenvalue weighted by Gasteiger charge is 2.47. The Morgan fingerprint density at radius 1 is 1.28 bits per heavy atom. The third kappa shape index (κ3) is 2.89. The molecular weight excluding hydrogens is 314 g/mol.